The fourth-order valence-corrected chi connectivity index (χ4v) is 3.64. The molecule has 1 amide bonds. The highest BCUT2D eigenvalue weighted by atomic mass is 16.5. The number of likely N-dealkylation sites (tertiary alicyclic amines) is 1. The third kappa shape index (κ3) is 3.05. The van der Waals surface area contributed by atoms with Crippen LogP contribution in [0.3, 0.4) is 0 Å². The minimum atomic E-state index is 0.172. The summed E-state index contributed by atoms with van der Waals surface area (Å²) in [6, 6.07) is 7.87. The van der Waals surface area contributed by atoms with E-state index in [1.165, 1.54) is 12.8 Å². The number of ether oxygens (including phenoxy) is 1. The maximum absolute atomic E-state index is 12.8. The zero-order valence-electron chi connectivity index (χ0n) is 12.7. The molecule has 4 nitrogen and oxygen atoms in total. The lowest BCUT2D eigenvalue weighted by molar-refractivity contribution is 0.0670. The summed E-state index contributed by atoms with van der Waals surface area (Å²) in [6.07, 6.45) is 4.74. The van der Waals surface area contributed by atoms with E-state index in [1.807, 2.05) is 24.3 Å². The number of rotatable bonds is 3. The first kappa shape index (κ1) is 14.4. The quantitative estimate of drug-likeness (QED) is 0.928. The molecule has 1 aromatic carbocycles. The van der Waals surface area contributed by atoms with Gasteiger partial charge in [-0.15, -0.1) is 0 Å². The molecule has 2 heterocycles. The van der Waals surface area contributed by atoms with Gasteiger partial charge >= 0.3 is 0 Å². The Hall–Kier alpha value is -1.55. The Morgan fingerprint density at radius 2 is 2.05 bits per heavy atom. The van der Waals surface area contributed by atoms with Gasteiger partial charge in [-0.05, 0) is 69.0 Å². The molecule has 2 aliphatic heterocycles. The zero-order chi connectivity index (χ0) is 14.7. The van der Waals surface area contributed by atoms with Crippen LogP contribution in [0.15, 0.2) is 24.3 Å². The van der Waals surface area contributed by atoms with Crippen LogP contribution in [-0.2, 0) is 0 Å². The standard InChI is InChI=1S/C17H24N2O2/c1-21-15-8-6-13(7-9-15)17(20)19-11-3-5-16(19)14-4-2-10-18-12-14/h6-9,14,16,18H,2-5,10-12H2,1H3. The smallest absolute Gasteiger partial charge is 0.254 e. The predicted molar refractivity (Wildman–Crippen MR) is 82.6 cm³/mol. The number of amides is 1. The molecule has 1 N–H and O–H groups in total. The lowest BCUT2D eigenvalue weighted by Crippen LogP contribution is -2.45. The van der Waals surface area contributed by atoms with Gasteiger partial charge in [-0.25, -0.2) is 0 Å². The summed E-state index contributed by atoms with van der Waals surface area (Å²) in [6.45, 7) is 3.07. The summed E-state index contributed by atoms with van der Waals surface area (Å²) in [5, 5.41) is 3.47. The third-order valence-corrected chi connectivity index (χ3v) is 4.78. The lowest BCUT2D eigenvalue weighted by Gasteiger charge is -2.34. The van der Waals surface area contributed by atoms with Crippen molar-refractivity contribution in [1.29, 1.82) is 0 Å². The van der Waals surface area contributed by atoms with Crippen LogP contribution >= 0.6 is 0 Å². The molecule has 2 atom stereocenters. The molecule has 114 valence electrons. The Morgan fingerprint density at radius 1 is 1.24 bits per heavy atom. The summed E-state index contributed by atoms with van der Waals surface area (Å²) in [5.41, 5.74) is 0.770. The molecule has 2 saturated heterocycles. The Bertz CT molecular complexity index is 480. The Morgan fingerprint density at radius 3 is 2.71 bits per heavy atom. The van der Waals surface area contributed by atoms with Gasteiger partial charge in [-0.3, -0.25) is 4.79 Å². The van der Waals surface area contributed by atoms with E-state index in [4.69, 9.17) is 4.74 Å². The predicted octanol–water partition coefficient (Wildman–Crippen LogP) is 2.30. The molecule has 2 unspecified atom stereocenters. The van der Waals surface area contributed by atoms with Gasteiger partial charge in [0.25, 0.3) is 5.91 Å². The Kier molecular flexibility index (Phi) is 4.44. The molecule has 3 rings (SSSR count). The van der Waals surface area contributed by atoms with Crippen molar-refractivity contribution in [2.45, 2.75) is 31.7 Å². The highest BCUT2D eigenvalue weighted by Gasteiger charge is 2.35. The number of piperidine rings is 1. The Labute approximate surface area is 126 Å². The molecular weight excluding hydrogens is 264 g/mol. The second-order valence-electron chi connectivity index (χ2n) is 6.04. The van der Waals surface area contributed by atoms with E-state index < -0.39 is 0 Å². The largest absolute Gasteiger partial charge is 0.497 e. The summed E-state index contributed by atoms with van der Waals surface area (Å²) < 4.78 is 5.16. The maximum Gasteiger partial charge on any atom is 0.254 e. The SMILES string of the molecule is COc1ccc(C(=O)N2CCCC2C2CCCNC2)cc1. The number of nitrogens with zero attached hydrogens (tertiary/aromatic N) is 1. The number of carbonyl (C=O) groups excluding carboxylic acids is 1. The van der Waals surface area contributed by atoms with Gasteiger partial charge in [0.15, 0.2) is 0 Å². The van der Waals surface area contributed by atoms with Crippen LogP contribution in [0.5, 0.6) is 5.75 Å². The minimum Gasteiger partial charge on any atom is -0.497 e. The molecule has 0 aliphatic carbocycles. The van der Waals surface area contributed by atoms with Crippen LogP contribution in [0.2, 0.25) is 0 Å². The number of hydrogen-bond donors (Lipinski definition) is 1. The monoisotopic (exact) mass is 288 g/mol. The topological polar surface area (TPSA) is 41.6 Å². The highest BCUT2D eigenvalue weighted by molar-refractivity contribution is 5.94. The van der Waals surface area contributed by atoms with Crippen molar-refractivity contribution in [3.05, 3.63) is 29.8 Å². The molecule has 1 aromatic rings. The van der Waals surface area contributed by atoms with Crippen LogP contribution in [0.25, 0.3) is 0 Å². The first-order valence-corrected chi connectivity index (χ1v) is 7.95. The lowest BCUT2D eigenvalue weighted by atomic mass is 9.90. The number of hydrogen-bond acceptors (Lipinski definition) is 3. The highest BCUT2D eigenvalue weighted by Crippen LogP contribution is 2.29. The molecule has 4 heteroatoms. The molecule has 0 spiro atoms. The average molecular weight is 288 g/mol. The van der Waals surface area contributed by atoms with Crippen molar-refractivity contribution < 1.29 is 9.53 Å². The van der Waals surface area contributed by atoms with E-state index in [2.05, 4.69) is 10.2 Å². The summed E-state index contributed by atoms with van der Waals surface area (Å²) in [5.74, 6) is 1.58. The van der Waals surface area contributed by atoms with Crippen LogP contribution < -0.4 is 10.1 Å². The second kappa shape index (κ2) is 6.48. The van der Waals surface area contributed by atoms with E-state index in [0.717, 1.165) is 43.8 Å². The van der Waals surface area contributed by atoms with Crippen LogP contribution in [-0.4, -0.2) is 43.6 Å². The zero-order valence-corrected chi connectivity index (χ0v) is 12.7. The average Bonchev–Trinajstić information content (AvgIpc) is 3.04. The van der Waals surface area contributed by atoms with Crippen molar-refractivity contribution in [2.24, 2.45) is 5.92 Å². The van der Waals surface area contributed by atoms with Crippen molar-refractivity contribution in [2.75, 3.05) is 26.7 Å². The van der Waals surface area contributed by atoms with Crippen molar-refractivity contribution in [3.63, 3.8) is 0 Å². The molecule has 21 heavy (non-hydrogen) atoms. The van der Waals surface area contributed by atoms with Gasteiger partial charge in [0, 0.05) is 18.2 Å². The first-order valence-electron chi connectivity index (χ1n) is 7.95. The van der Waals surface area contributed by atoms with Gasteiger partial charge in [-0.1, -0.05) is 0 Å². The summed E-state index contributed by atoms with van der Waals surface area (Å²) in [4.78, 5) is 14.9. The molecule has 0 aromatic heterocycles. The molecule has 0 saturated carbocycles. The van der Waals surface area contributed by atoms with Gasteiger partial charge < -0.3 is 15.0 Å². The minimum absolute atomic E-state index is 0.172. The fraction of sp³-hybridized carbons (Fsp3) is 0.588. The van der Waals surface area contributed by atoms with Crippen molar-refractivity contribution in [3.8, 4) is 5.75 Å². The number of carbonyl (C=O) groups is 1. The Balaban J connectivity index is 1.72. The number of benzene rings is 1. The van der Waals surface area contributed by atoms with Crippen molar-refractivity contribution >= 4 is 5.91 Å². The normalized spacial score (nSPS) is 25.9. The fourth-order valence-electron chi connectivity index (χ4n) is 3.64. The summed E-state index contributed by atoms with van der Waals surface area (Å²) >= 11 is 0. The third-order valence-electron chi connectivity index (χ3n) is 4.78. The van der Waals surface area contributed by atoms with Gasteiger partial charge in [0.1, 0.15) is 5.75 Å². The van der Waals surface area contributed by atoms with E-state index in [1.54, 1.807) is 7.11 Å². The first-order chi connectivity index (χ1) is 10.3. The van der Waals surface area contributed by atoms with Crippen molar-refractivity contribution in [1.82, 2.24) is 10.2 Å². The van der Waals surface area contributed by atoms with E-state index in [-0.39, 0.29) is 5.91 Å². The summed E-state index contributed by atoms with van der Waals surface area (Å²) in [7, 11) is 1.64. The second-order valence-corrected chi connectivity index (χ2v) is 6.04. The van der Waals surface area contributed by atoms with Crippen LogP contribution in [0.4, 0.5) is 0 Å². The van der Waals surface area contributed by atoms with Gasteiger partial charge in [0.05, 0.1) is 7.11 Å². The van der Waals surface area contributed by atoms with Crippen LogP contribution in [0, 0.1) is 5.92 Å². The van der Waals surface area contributed by atoms with Gasteiger partial charge in [0.2, 0.25) is 0 Å². The molecule has 0 bridgehead atoms. The number of nitrogens with one attached hydrogen (secondary N) is 1. The van der Waals surface area contributed by atoms with Crippen LogP contribution in [0.1, 0.15) is 36.0 Å². The number of methoxy groups -OCH3 is 1. The van der Waals surface area contributed by atoms with E-state index in [0.29, 0.717) is 12.0 Å². The molecule has 2 fully saturated rings. The maximum atomic E-state index is 12.8. The molecular formula is C17H24N2O2. The molecule has 2 aliphatic rings. The van der Waals surface area contributed by atoms with E-state index >= 15 is 0 Å². The van der Waals surface area contributed by atoms with Gasteiger partial charge in [-0.2, -0.15) is 0 Å². The molecule has 0 radical (unpaired) electrons. The van der Waals surface area contributed by atoms with E-state index in [9.17, 15) is 4.79 Å².